The molecule has 0 aromatic heterocycles. The Bertz CT molecular complexity index is 3420. The highest BCUT2D eigenvalue weighted by molar-refractivity contribution is 5.72. The quantitative estimate of drug-likeness (QED) is 0.0281. The standard InChI is InChI=1S/C33H48F2O.C31H44F2O.C31H38F2O/c1-3-5-7-8-9-11-25-36-30-22-19-28(20-23-30)31-24-21-29(32(34)33(31)35)18-17-27-15-13-26(14-16-27)12-10-6-4-2;2*1-3-5-7-8-9-11-23-34-29-22-21-28(30(32)31(29)33)27-19-17-26(18-20-27)25-15-13-24(14-16-25)12-10-6-4-2/h19-24,26-27H,3-18,25H2,1-2H3;17-22,24-25H,3-16,23H2,1-2H3;13-22H,3-12,23H2,1-2H3. The third kappa shape index (κ3) is 29.0. The highest BCUT2D eigenvalue weighted by Crippen LogP contribution is 2.41. The molecule has 0 aliphatic heterocycles. The molecule has 2 fully saturated rings. The predicted octanol–water partition coefficient (Wildman–Crippen LogP) is 30.7. The molecule has 0 heterocycles. The van der Waals surface area contributed by atoms with Crippen molar-refractivity contribution in [1.29, 1.82) is 0 Å². The molecule has 7 aromatic carbocycles. The van der Waals surface area contributed by atoms with Crippen molar-refractivity contribution in [3.8, 4) is 61.8 Å². The second kappa shape index (κ2) is 49.4. The number of rotatable bonds is 44. The first-order valence-corrected chi connectivity index (χ1v) is 41.6. The van der Waals surface area contributed by atoms with Gasteiger partial charge in [-0.05, 0) is 175 Å². The number of benzene rings is 7. The van der Waals surface area contributed by atoms with E-state index in [2.05, 4.69) is 77.9 Å². The van der Waals surface area contributed by atoms with Gasteiger partial charge in [0.15, 0.2) is 34.8 Å². The van der Waals surface area contributed by atoms with Crippen molar-refractivity contribution in [2.45, 2.75) is 304 Å². The zero-order valence-corrected chi connectivity index (χ0v) is 64.9. The van der Waals surface area contributed by atoms with Crippen LogP contribution in [0.5, 0.6) is 17.2 Å². The Labute approximate surface area is 625 Å². The Morgan fingerprint density at radius 1 is 0.269 bits per heavy atom. The second-order valence-corrected chi connectivity index (χ2v) is 30.2. The lowest BCUT2D eigenvalue weighted by molar-refractivity contribution is 0.248. The highest BCUT2D eigenvalue weighted by Gasteiger charge is 2.25. The van der Waals surface area contributed by atoms with E-state index in [0.29, 0.717) is 65.9 Å². The summed E-state index contributed by atoms with van der Waals surface area (Å²) in [5, 5.41) is 0. The molecule has 3 nitrogen and oxygen atoms in total. The molecule has 9 rings (SSSR count). The molecule has 104 heavy (non-hydrogen) atoms. The number of hydrogen-bond acceptors (Lipinski definition) is 3. The fraction of sp³-hybridized carbons (Fsp3) is 0.558. The smallest absolute Gasteiger partial charge is 0.201 e. The third-order valence-electron chi connectivity index (χ3n) is 22.0. The van der Waals surface area contributed by atoms with Crippen LogP contribution in [-0.2, 0) is 12.8 Å². The van der Waals surface area contributed by atoms with Gasteiger partial charge in [0.1, 0.15) is 5.75 Å². The Kier molecular flexibility index (Phi) is 40.3. The zero-order valence-electron chi connectivity index (χ0n) is 64.9. The van der Waals surface area contributed by atoms with Crippen LogP contribution in [0.3, 0.4) is 0 Å². The predicted molar refractivity (Wildman–Crippen MR) is 427 cm³/mol. The fourth-order valence-corrected chi connectivity index (χ4v) is 15.2. The van der Waals surface area contributed by atoms with Crippen LogP contribution in [0.2, 0.25) is 0 Å². The SMILES string of the molecule is CCCCCCCCOc1ccc(-c2ccc(-c3ccc(CCCCC)cc3)cc2)c(F)c1F.CCCCCCCCOc1ccc(-c2ccc(C3CCC(CCCCC)CC3)cc2)c(F)c1F.CCCCCCCCOc1ccc(-c2ccc(CCC3CCC(CCCCC)CC3)c(F)c2F)cc1. The molecule has 2 aliphatic carbocycles. The molecule has 0 N–H and O–H groups in total. The van der Waals surface area contributed by atoms with E-state index in [1.54, 1.807) is 30.3 Å². The van der Waals surface area contributed by atoms with Gasteiger partial charge in [0.25, 0.3) is 0 Å². The number of unbranched alkanes of at least 4 members (excludes halogenated alkanes) is 21. The maximum atomic E-state index is 15.0. The second-order valence-electron chi connectivity index (χ2n) is 30.2. The van der Waals surface area contributed by atoms with Gasteiger partial charge in [-0.1, -0.05) is 325 Å². The largest absolute Gasteiger partial charge is 0.494 e. The minimum absolute atomic E-state index is 0.00884. The summed E-state index contributed by atoms with van der Waals surface area (Å²) in [5.74, 6) is -1.07. The molecule has 0 amide bonds. The Morgan fingerprint density at radius 2 is 0.606 bits per heavy atom. The van der Waals surface area contributed by atoms with Crippen LogP contribution in [-0.4, -0.2) is 19.8 Å². The molecule has 0 saturated heterocycles. The Balaban J connectivity index is 0.000000218. The van der Waals surface area contributed by atoms with Crippen LogP contribution < -0.4 is 14.2 Å². The summed E-state index contributed by atoms with van der Waals surface area (Å²) in [7, 11) is 0. The van der Waals surface area contributed by atoms with Crippen LogP contribution in [0.25, 0.3) is 44.5 Å². The first kappa shape index (κ1) is 84.8. The highest BCUT2D eigenvalue weighted by atomic mass is 19.2. The third-order valence-corrected chi connectivity index (χ3v) is 22.0. The van der Waals surface area contributed by atoms with Gasteiger partial charge in [-0.25, -0.2) is 17.6 Å². The van der Waals surface area contributed by atoms with Gasteiger partial charge in [-0.3, -0.25) is 0 Å². The number of aryl methyl sites for hydroxylation is 2. The average molecular weight is 1430 g/mol. The zero-order chi connectivity index (χ0) is 73.9. The summed E-state index contributed by atoms with van der Waals surface area (Å²) >= 11 is 0. The molecule has 0 bridgehead atoms. The topological polar surface area (TPSA) is 27.7 Å². The molecule has 2 saturated carbocycles. The monoisotopic (exact) mass is 1430 g/mol. The van der Waals surface area contributed by atoms with Crippen molar-refractivity contribution in [1.82, 2.24) is 0 Å². The van der Waals surface area contributed by atoms with Crippen LogP contribution in [0.4, 0.5) is 26.3 Å². The van der Waals surface area contributed by atoms with E-state index in [4.69, 9.17) is 14.2 Å². The summed E-state index contributed by atoms with van der Waals surface area (Å²) in [5.41, 5.74) is 8.31. The van der Waals surface area contributed by atoms with E-state index in [-0.39, 0.29) is 17.1 Å². The summed E-state index contributed by atoms with van der Waals surface area (Å²) in [6, 6.07) is 41.6. The van der Waals surface area contributed by atoms with Gasteiger partial charge >= 0.3 is 0 Å². The molecule has 0 atom stereocenters. The molecule has 0 radical (unpaired) electrons. The van der Waals surface area contributed by atoms with Gasteiger partial charge in [-0.2, -0.15) is 8.78 Å². The molecule has 7 aromatic rings. The van der Waals surface area contributed by atoms with Crippen LogP contribution in [0.15, 0.2) is 133 Å². The van der Waals surface area contributed by atoms with Gasteiger partial charge in [-0.15, -0.1) is 0 Å². The molecular weight excluding hydrogens is 1300 g/mol. The van der Waals surface area contributed by atoms with Crippen LogP contribution in [0.1, 0.15) is 308 Å². The van der Waals surface area contributed by atoms with E-state index in [1.807, 2.05) is 60.7 Å². The summed E-state index contributed by atoms with van der Waals surface area (Å²) in [6.45, 7) is 14.9. The first-order chi connectivity index (χ1) is 50.9. The summed E-state index contributed by atoms with van der Waals surface area (Å²) < 4.78 is 106. The molecule has 2 aliphatic rings. The Hall–Kier alpha value is -6.48. The first-order valence-electron chi connectivity index (χ1n) is 41.6. The summed E-state index contributed by atoms with van der Waals surface area (Å²) in [6.07, 6.45) is 48.3. The van der Waals surface area contributed by atoms with Crippen molar-refractivity contribution in [2.75, 3.05) is 19.8 Å². The molecular formula is C95H130F6O3. The van der Waals surface area contributed by atoms with Crippen molar-refractivity contribution in [3.63, 3.8) is 0 Å². The lowest BCUT2D eigenvalue weighted by Crippen LogP contribution is -2.15. The van der Waals surface area contributed by atoms with E-state index < -0.39 is 34.9 Å². The number of ether oxygens (including phenoxy) is 3. The minimum atomic E-state index is -0.911. The lowest BCUT2D eigenvalue weighted by atomic mass is 9.77. The molecule has 0 unspecified atom stereocenters. The van der Waals surface area contributed by atoms with Crippen LogP contribution in [0, 0.1) is 52.7 Å². The lowest BCUT2D eigenvalue weighted by Gasteiger charge is -2.29. The number of halogens is 6. The van der Waals surface area contributed by atoms with Gasteiger partial charge in [0.2, 0.25) is 11.6 Å². The van der Waals surface area contributed by atoms with E-state index in [1.165, 1.54) is 216 Å². The minimum Gasteiger partial charge on any atom is -0.494 e. The van der Waals surface area contributed by atoms with Crippen molar-refractivity contribution < 1.29 is 40.6 Å². The normalized spacial score (nSPS) is 15.8. The van der Waals surface area contributed by atoms with E-state index in [9.17, 15) is 26.3 Å². The molecule has 9 heteroatoms. The average Bonchev–Trinajstić information content (AvgIpc) is 0.814. The van der Waals surface area contributed by atoms with Gasteiger partial charge in [0.05, 0.1) is 19.8 Å². The van der Waals surface area contributed by atoms with Crippen molar-refractivity contribution in [3.05, 3.63) is 185 Å². The molecule has 570 valence electrons. The maximum absolute atomic E-state index is 15.0. The van der Waals surface area contributed by atoms with Gasteiger partial charge < -0.3 is 14.2 Å². The van der Waals surface area contributed by atoms with Crippen molar-refractivity contribution >= 4 is 0 Å². The fourth-order valence-electron chi connectivity index (χ4n) is 15.2. The van der Waals surface area contributed by atoms with Gasteiger partial charge in [0, 0.05) is 16.7 Å². The van der Waals surface area contributed by atoms with E-state index >= 15 is 0 Å². The molecule has 0 spiro atoms. The summed E-state index contributed by atoms with van der Waals surface area (Å²) in [4.78, 5) is 0. The van der Waals surface area contributed by atoms with Crippen LogP contribution >= 0.6 is 0 Å². The van der Waals surface area contributed by atoms with Crippen molar-refractivity contribution in [2.24, 2.45) is 17.8 Å². The maximum Gasteiger partial charge on any atom is 0.201 e. The Morgan fingerprint density at radius 3 is 1.06 bits per heavy atom. The van der Waals surface area contributed by atoms with E-state index in [0.717, 1.165) is 85.6 Å². The number of hydrogen-bond donors (Lipinski definition) is 0.